The normalized spacial score (nSPS) is 19.8. The number of nitro groups is 1. The van der Waals surface area contributed by atoms with Crippen LogP contribution in [0.25, 0.3) is 0 Å². The van der Waals surface area contributed by atoms with Gasteiger partial charge in [0.2, 0.25) is 0 Å². The quantitative estimate of drug-likeness (QED) is 0.195. The zero-order valence-electron chi connectivity index (χ0n) is 20.2. The Bertz CT molecular complexity index is 987. The maximum Gasteiger partial charge on any atom is 0.336 e. The summed E-state index contributed by atoms with van der Waals surface area (Å²) in [5.41, 5.74) is 0.698. The minimum absolute atomic E-state index is 0.0238. The number of nitro benzene ring substituents is 1. The molecule has 3 unspecified atom stereocenters. The highest BCUT2D eigenvalue weighted by Gasteiger charge is 2.49. The Labute approximate surface area is 202 Å². The molecule has 1 heterocycles. The van der Waals surface area contributed by atoms with E-state index in [1.165, 1.54) is 37.1 Å². The third-order valence-electron chi connectivity index (χ3n) is 5.28. The second-order valence-electron chi connectivity index (χ2n) is 7.19. The topological polar surface area (TPSA) is 127 Å². The molecule has 2 rings (SSSR count). The maximum atomic E-state index is 13.4. The highest BCUT2D eigenvalue weighted by molar-refractivity contribution is 7.99. The highest BCUT2D eigenvalue weighted by atomic mass is 32.2. The van der Waals surface area contributed by atoms with E-state index in [1.54, 1.807) is 40.0 Å². The number of thioether (sulfide) groups is 1. The molecule has 1 aliphatic heterocycles. The van der Waals surface area contributed by atoms with E-state index in [0.717, 1.165) is 0 Å². The molecule has 10 nitrogen and oxygen atoms in total. The van der Waals surface area contributed by atoms with Gasteiger partial charge in [-0.1, -0.05) is 23.9 Å². The molecule has 11 heteroatoms. The van der Waals surface area contributed by atoms with Crippen LogP contribution < -0.4 is 0 Å². The van der Waals surface area contributed by atoms with Crippen molar-refractivity contribution in [2.45, 2.75) is 38.7 Å². The number of non-ortho nitro benzene ring substituents is 1. The molecule has 0 amide bonds. The summed E-state index contributed by atoms with van der Waals surface area (Å²) in [6, 6.07) is 5.79. The minimum atomic E-state index is -1.48. The summed E-state index contributed by atoms with van der Waals surface area (Å²) in [4.78, 5) is 42.0. The van der Waals surface area contributed by atoms with Crippen LogP contribution in [0.1, 0.15) is 39.2 Å². The van der Waals surface area contributed by atoms with Gasteiger partial charge in [0.15, 0.2) is 0 Å². The van der Waals surface area contributed by atoms with Gasteiger partial charge in [0.05, 0.1) is 23.7 Å². The summed E-state index contributed by atoms with van der Waals surface area (Å²) in [5, 5.41) is 10.0. The minimum Gasteiger partial charge on any atom is -0.465 e. The first kappa shape index (κ1) is 27.5. The van der Waals surface area contributed by atoms with Crippen molar-refractivity contribution in [2.75, 3.05) is 33.2 Å². The molecule has 0 aliphatic carbocycles. The Morgan fingerprint density at radius 3 is 2.38 bits per heavy atom. The average molecular weight is 495 g/mol. The van der Waals surface area contributed by atoms with E-state index in [1.807, 2.05) is 0 Å². The van der Waals surface area contributed by atoms with Crippen LogP contribution in [0.3, 0.4) is 0 Å². The number of methoxy groups -OCH3 is 1. The number of hydrogen-bond donors (Lipinski definition) is 0. The van der Waals surface area contributed by atoms with Crippen LogP contribution in [0, 0.1) is 16.0 Å². The second-order valence-corrected chi connectivity index (χ2v) is 8.14. The van der Waals surface area contributed by atoms with Crippen LogP contribution in [-0.2, 0) is 28.5 Å². The molecule has 0 saturated carbocycles. The van der Waals surface area contributed by atoms with Crippen molar-refractivity contribution in [2.24, 2.45) is 10.9 Å². The molecule has 0 saturated heterocycles. The smallest absolute Gasteiger partial charge is 0.336 e. The number of hydrogen-bond acceptors (Lipinski definition) is 10. The molecule has 1 aliphatic rings. The number of carbonyl (C=O) groups is 2. The number of nitrogens with zero attached hydrogens (tertiary/aromatic N) is 2. The number of rotatable bonds is 11. The van der Waals surface area contributed by atoms with Gasteiger partial charge >= 0.3 is 11.9 Å². The van der Waals surface area contributed by atoms with E-state index in [0.29, 0.717) is 11.3 Å². The highest BCUT2D eigenvalue weighted by Crippen LogP contribution is 2.47. The zero-order chi connectivity index (χ0) is 25.5. The van der Waals surface area contributed by atoms with Gasteiger partial charge in [-0.2, -0.15) is 0 Å². The number of benzene rings is 1. The van der Waals surface area contributed by atoms with Gasteiger partial charge in [0.1, 0.15) is 11.6 Å². The molecule has 0 radical (unpaired) electrons. The lowest BCUT2D eigenvalue weighted by atomic mass is 9.75. The second kappa shape index (κ2) is 12.1. The molecule has 0 spiro atoms. The third-order valence-corrected chi connectivity index (χ3v) is 6.29. The molecule has 0 aromatic heterocycles. The Morgan fingerprint density at radius 1 is 1.18 bits per heavy atom. The molecule has 34 heavy (non-hydrogen) atoms. The first-order valence-corrected chi connectivity index (χ1v) is 12.1. The van der Waals surface area contributed by atoms with Gasteiger partial charge in [0, 0.05) is 37.5 Å². The molecular weight excluding hydrogens is 464 g/mol. The van der Waals surface area contributed by atoms with Crippen molar-refractivity contribution in [1.29, 1.82) is 0 Å². The fourth-order valence-electron chi connectivity index (χ4n) is 3.91. The molecule has 1 aromatic carbocycles. The van der Waals surface area contributed by atoms with Crippen molar-refractivity contribution in [3.05, 3.63) is 51.2 Å². The predicted molar refractivity (Wildman–Crippen MR) is 128 cm³/mol. The molecule has 0 bridgehead atoms. The van der Waals surface area contributed by atoms with E-state index in [2.05, 4.69) is 4.99 Å². The number of aliphatic imine (C=N–C) groups is 1. The lowest BCUT2D eigenvalue weighted by Gasteiger charge is -2.38. The van der Waals surface area contributed by atoms with Crippen LogP contribution >= 0.6 is 11.8 Å². The van der Waals surface area contributed by atoms with Crippen molar-refractivity contribution in [1.82, 2.24) is 0 Å². The predicted octanol–water partition coefficient (Wildman–Crippen LogP) is 3.85. The molecule has 186 valence electrons. The first-order chi connectivity index (χ1) is 16.2. The first-order valence-electron chi connectivity index (χ1n) is 10.8. The van der Waals surface area contributed by atoms with Crippen LogP contribution in [0.15, 0.2) is 40.5 Å². The largest absolute Gasteiger partial charge is 0.465 e. The van der Waals surface area contributed by atoms with Crippen molar-refractivity contribution in [3.8, 4) is 0 Å². The Morgan fingerprint density at radius 2 is 1.85 bits per heavy atom. The van der Waals surface area contributed by atoms with Gasteiger partial charge < -0.3 is 18.9 Å². The molecule has 3 atom stereocenters. The van der Waals surface area contributed by atoms with E-state index < -0.39 is 33.8 Å². The van der Waals surface area contributed by atoms with Crippen LogP contribution in [0.5, 0.6) is 0 Å². The number of esters is 2. The fourth-order valence-corrected chi connectivity index (χ4v) is 4.66. The summed E-state index contributed by atoms with van der Waals surface area (Å²) in [6.07, 6.45) is 1.74. The van der Waals surface area contributed by atoms with Gasteiger partial charge in [-0.05, 0) is 39.5 Å². The number of carbonyl (C=O) groups excluding carboxylic acids is 2. The SMILES string of the molecule is CCOC(=O)C1=C(C(OC)(OCC)SC)N=C(C)C(C(=O)OCC)C1c1cccc([N+](=O)[O-])c1. The molecular formula is C23H30N2O8S. The van der Waals surface area contributed by atoms with Crippen LogP contribution in [0.2, 0.25) is 0 Å². The maximum absolute atomic E-state index is 13.4. The van der Waals surface area contributed by atoms with Gasteiger partial charge in [0.25, 0.3) is 10.8 Å². The van der Waals surface area contributed by atoms with Gasteiger partial charge in [-0.15, -0.1) is 0 Å². The molecule has 0 fully saturated rings. The van der Waals surface area contributed by atoms with Gasteiger partial charge in [-0.3, -0.25) is 19.9 Å². The third kappa shape index (κ3) is 5.48. The Hall–Kier alpha value is -2.76. The Kier molecular flexibility index (Phi) is 9.77. The molecule has 1 aromatic rings. The van der Waals surface area contributed by atoms with Crippen LogP contribution in [0.4, 0.5) is 5.69 Å². The van der Waals surface area contributed by atoms with Crippen molar-refractivity contribution >= 4 is 35.1 Å². The Balaban J connectivity index is 2.95. The van der Waals surface area contributed by atoms with Crippen molar-refractivity contribution in [3.63, 3.8) is 0 Å². The van der Waals surface area contributed by atoms with E-state index >= 15 is 0 Å². The monoisotopic (exact) mass is 494 g/mol. The standard InChI is InChI=1S/C23H30N2O8S/c1-7-31-21(26)17-14(4)24-20(23(30-5,34-6)33-9-3)19(22(27)32-8-2)18(17)15-11-10-12-16(13-15)25(28)29/h10-13,17-18H,7-9H2,1-6H3. The van der Waals surface area contributed by atoms with E-state index in [9.17, 15) is 19.7 Å². The summed E-state index contributed by atoms with van der Waals surface area (Å²) >= 11 is 1.17. The molecule has 0 N–H and O–H groups in total. The average Bonchev–Trinajstić information content (AvgIpc) is 2.82. The summed E-state index contributed by atoms with van der Waals surface area (Å²) in [7, 11) is 1.42. The van der Waals surface area contributed by atoms with Gasteiger partial charge in [-0.25, -0.2) is 4.79 Å². The summed E-state index contributed by atoms with van der Waals surface area (Å²) in [5.74, 6) is -3.32. The lowest BCUT2D eigenvalue weighted by molar-refractivity contribution is -0.384. The lowest BCUT2D eigenvalue weighted by Crippen LogP contribution is -2.42. The van der Waals surface area contributed by atoms with E-state index in [4.69, 9.17) is 18.9 Å². The van der Waals surface area contributed by atoms with Crippen LogP contribution in [-0.4, -0.2) is 60.9 Å². The fraction of sp³-hybridized carbons (Fsp3) is 0.522. The van der Waals surface area contributed by atoms with Crippen molar-refractivity contribution < 1.29 is 33.5 Å². The van der Waals surface area contributed by atoms with E-state index in [-0.39, 0.29) is 36.8 Å². The number of ether oxygens (including phenoxy) is 4. The zero-order valence-corrected chi connectivity index (χ0v) is 21.0. The summed E-state index contributed by atoms with van der Waals surface area (Å²) in [6.45, 7) is 7.15. The summed E-state index contributed by atoms with van der Waals surface area (Å²) < 4.78 is 22.3.